The van der Waals surface area contributed by atoms with Gasteiger partial charge in [0, 0.05) is 12.3 Å². The summed E-state index contributed by atoms with van der Waals surface area (Å²) in [6.45, 7) is 4.17. The molecule has 0 bridgehead atoms. The third kappa shape index (κ3) is 3.04. The second-order valence-electron chi connectivity index (χ2n) is 5.01. The minimum Gasteiger partial charge on any atom is -0.399 e. The molecule has 3 N–H and O–H groups in total. The van der Waals surface area contributed by atoms with Gasteiger partial charge in [-0.05, 0) is 44.4 Å². The smallest absolute Gasteiger partial charge is 0.254 e. The second-order valence-corrected chi connectivity index (χ2v) is 5.01. The first kappa shape index (κ1) is 13.8. The van der Waals surface area contributed by atoms with Crippen LogP contribution in [0.3, 0.4) is 0 Å². The number of carbonyl (C=O) groups is 1. The maximum atomic E-state index is 13.9. The number of nitrogen functional groups attached to an aromatic ring is 1. The molecule has 1 fully saturated rings. The van der Waals surface area contributed by atoms with Crippen molar-refractivity contribution in [2.75, 3.05) is 12.3 Å². The highest BCUT2D eigenvalue weighted by atomic mass is 19.1. The fourth-order valence-corrected chi connectivity index (χ4v) is 2.34. The monoisotopic (exact) mass is 266 g/mol. The predicted octanol–water partition coefficient (Wildman–Crippen LogP) is 2.01. The lowest BCUT2D eigenvalue weighted by Gasteiger charge is -2.20. The van der Waals surface area contributed by atoms with E-state index >= 15 is 0 Å². The highest BCUT2D eigenvalue weighted by Gasteiger charge is 2.25. The zero-order valence-corrected chi connectivity index (χ0v) is 11.2. The summed E-state index contributed by atoms with van der Waals surface area (Å²) in [4.78, 5) is 12.1. The Labute approximate surface area is 112 Å². The number of halogens is 1. The van der Waals surface area contributed by atoms with Gasteiger partial charge in [0.1, 0.15) is 5.82 Å². The molecule has 2 rings (SSSR count). The molecule has 1 aliphatic heterocycles. The molecule has 5 heteroatoms. The van der Waals surface area contributed by atoms with E-state index in [0.717, 1.165) is 19.4 Å². The first-order chi connectivity index (χ1) is 8.99. The molecule has 0 aromatic heterocycles. The summed E-state index contributed by atoms with van der Waals surface area (Å²) in [5.74, 6) is -0.970. The summed E-state index contributed by atoms with van der Waals surface area (Å²) >= 11 is 0. The van der Waals surface area contributed by atoms with E-state index in [9.17, 15) is 9.18 Å². The Hall–Kier alpha value is -1.62. The average molecular weight is 266 g/mol. The fourth-order valence-electron chi connectivity index (χ4n) is 2.34. The number of nitrogens with one attached hydrogen (secondary N) is 1. The molecule has 0 radical (unpaired) electrons. The van der Waals surface area contributed by atoms with Crippen molar-refractivity contribution >= 4 is 11.6 Å². The SMILES string of the molecule is Cc1cc(N)cc(C(=O)NC(C)C2CCCO2)c1F. The topological polar surface area (TPSA) is 64.4 Å². The normalized spacial score (nSPS) is 20.3. The summed E-state index contributed by atoms with van der Waals surface area (Å²) in [5.41, 5.74) is 6.39. The summed E-state index contributed by atoms with van der Waals surface area (Å²) in [5, 5.41) is 2.77. The fraction of sp³-hybridized carbons (Fsp3) is 0.500. The van der Waals surface area contributed by atoms with E-state index in [1.54, 1.807) is 6.92 Å². The van der Waals surface area contributed by atoms with Crippen LogP contribution in [0.2, 0.25) is 0 Å². The standard InChI is InChI=1S/C14H19FN2O2/c1-8-6-10(16)7-11(13(8)15)14(18)17-9(2)12-4-3-5-19-12/h6-7,9,12H,3-5,16H2,1-2H3,(H,17,18). The molecule has 104 valence electrons. The Kier molecular flexibility index (Phi) is 4.04. The van der Waals surface area contributed by atoms with Gasteiger partial charge in [-0.15, -0.1) is 0 Å². The van der Waals surface area contributed by atoms with E-state index in [-0.39, 0.29) is 17.7 Å². The van der Waals surface area contributed by atoms with Crippen LogP contribution >= 0.6 is 0 Å². The number of benzene rings is 1. The second kappa shape index (κ2) is 5.57. The van der Waals surface area contributed by atoms with Crippen molar-refractivity contribution in [1.82, 2.24) is 5.32 Å². The van der Waals surface area contributed by atoms with Crippen molar-refractivity contribution in [1.29, 1.82) is 0 Å². The Morgan fingerprint density at radius 1 is 1.58 bits per heavy atom. The van der Waals surface area contributed by atoms with Crippen molar-refractivity contribution in [3.05, 3.63) is 29.1 Å². The molecule has 1 aromatic rings. The lowest BCUT2D eigenvalue weighted by atomic mass is 10.1. The molecule has 1 amide bonds. The average Bonchev–Trinajstić information content (AvgIpc) is 2.87. The van der Waals surface area contributed by atoms with Gasteiger partial charge in [-0.2, -0.15) is 0 Å². The van der Waals surface area contributed by atoms with Gasteiger partial charge in [0.05, 0.1) is 17.7 Å². The van der Waals surface area contributed by atoms with Crippen LogP contribution in [0.1, 0.15) is 35.7 Å². The number of rotatable bonds is 3. The van der Waals surface area contributed by atoms with Crippen LogP contribution in [-0.4, -0.2) is 24.7 Å². The number of hydrogen-bond acceptors (Lipinski definition) is 3. The molecule has 1 aromatic carbocycles. The van der Waals surface area contributed by atoms with Gasteiger partial charge < -0.3 is 15.8 Å². The number of anilines is 1. The van der Waals surface area contributed by atoms with Crippen LogP contribution in [0.25, 0.3) is 0 Å². The zero-order chi connectivity index (χ0) is 14.0. The summed E-state index contributed by atoms with van der Waals surface area (Å²) in [6, 6.07) is 2.73. The molecule has 2 unspecified atom stereocenters. The highest BCUT2D eigenvalue weighted by molar-refractivity contribution is 5.95. The van der Waals surface area contributed by atoms with Gasteiger partial charge in [0.25, 0.3) is 5.91 Å². The minimum absolute atomic E-state index is 0.00849. The number of carbonyl (C=O) groups excluding carboxylic acids is 1. The van der Waals surface area contributed by atoms with Crippen LogP contribution in [0.5, 0.6) is 0 Å². The van der Waals surface area contributed by atoms with Crippen molar-refractivity contribution < 1.29 is 13.9 Å². The van der Waals surface area contributed by atoms with Crippen LogP contribution in [0, 0.1) is 12.7 Å². The zero-order valence-electron chi connectivity index (χ0n) is 11.2. The van der Waals surface area contributed by atoms with Gasteiger partial charge in [0.15, 0.2) is 0 Å². The number of aryl methyl sites for hydroxylation is 1. The van der Waals surface area contributed by atoms with Gasteiger partial charge in [-0.25, -0.2) is 4.39 Å². The van der Waals surface area contributed by atoms with Gasteiger partial charge in [-0.1, -0.05) is 0 Å². The molecule has 1 heterocycles. The molecule has 1 saturated heterocycles. The Balaban J connectivity index is 2.11. The molecule has 0 spiro atoms. The van der Waals surface area contributed by atoms with E-state index < -0.39 is 11.7 Å². The third-order valence-electron chi connectivity index (χ3n) is 3.40. The van der Waals surface area contributed by atoms with Crippen molar-refractivity contribution in [2.45, 2.75) is 38.8 Å². The molecular weight excluding hydrogens is 247 g/mol. The number of hydrogen-bond donors (Lipinski definition) is 2. The highest BCUT2D eigenvalue weighted by Crippen LogP contribution is 2.19. The van der Waals surface area contributed by atoms with Crippen molar-refractivity contribution in [2.24, 2.45) is 0 Å². The quantitative estimate of drug-likeness (QED) is 0.823. The van der Waals surface area contributed by atoms with Crippen LogP contribution < -0.4 is 11.1 Å². The number of nitrogens with two attached hydrogens (primary N) is 1. The van der Waals surface area contributed by atoms with Crippen LogP contribution in [0.15, 0.2) is 12.1 Å². The van der Waals surface area contributed by atoms with Gasteiger partial charge >= 0.3 is 0 Å². The van der Waals surface area contributed by atoms with E-state index in [2.05, 4.69) is 5.32 Å². The molecule has 19 heavy (non-hydrogen) atoms. The first-order valence-corrected chi connectivity index (χ1v) is 6.47. The van der Waals surface area contributed by atoms with Crippen molar-refractivity contribution in [3.8, 4) is 0 Å². The van der Waals surface area contributed by atoms with Gasteiger partial charge in [0.2, 0.25) is 0 Å². The maximum Gasteiger partial charge on any atom is 0.254 e. The molecule has 4 nitrogen and oxygen atoms in total. The van der Waals surface area contributed by atoms with E-state index in [1.807, 2.05) is 6.92 Å². The molecule has 1 aliphatic rings. The van der Waals surface area contributed by atoms with E-state index in [4.69, 9.17) is 10.5 Å². The summed E-state index contributed by atoms with van der Waals surface area (Å²) in [7, 11) is 0. The summed E-state index contributed by atoms with van der Waals surface area (Å²) < 4.78 is 19.4. The Bertz CT molecular complexity index is 485. The van der Waals surface area contributed by atoms with Gasteiger partial charge in [-0.3, -0.25) is 4.79 Å². The number of amides is 1. The Morgan fingerprint density at radius 3 is 2.95 bits per heavy atom. The van der Waals surface area contributed by atoms with Crippen LogP contribution in [-0.2, 0) is 4.74 Å². The largest absolute Gasteiger partial charge is 0.399 e. The molecule has 2 atom stereocenters. The number of ether oxygens (including phenoxy) is 1. The van der Waals surface area contributed by atoms with E-state index in [1.165, 1.54) is 12.1 Å². The molecular formula is C14H19FN2O2. The van der Waals surface area contributed by atoms with E-state index in [0.29, 0.717) is 11.3 Å². The lowest BCUT2D eigenvalue weighted by Crippen LogP contribution is -2.41. The minimum atomic E-state index is -0.522. The molecule has 0 aliphatic carbocycles. The maximum absolute atomic E-state index is 13.9. The Morgan fingerprint density at radius 2 is 2.32 bits per heavy atom. The van der Waals surface area contributed by atoms with Crippen LogP contribution in [0.4, 0.5) is 10.1 Å². The third-order valence-corrected chi connectivity index (χ3v) is 3.40. The molecule has 0 saturated carbocycles. The predicted molar refractivity (Wildman–Crippen MR) is 71.5 cm³/mol. The first-order valence-electron chi connectivity index (χ1n) is 6.47. The van der Waals surface area contributed by atoms with Crippen molar-refractivity contribution in [3.63, 3.8) is 0 Å². The lowest BCUT2D eigenvalue weighted by molar-refractivity contribution is 0.0710. The summed E-state index contributed by atoms with van der Waals surface area (Å²) in [6.07, 6.45) is 1.92.